The average Bonchev–Trinajstić information content (AvgIpc) is 2.82. The zero-order chi connectivity index (χ0) is 15.4. The van der Waals surface area contributed by atoms with Gasteiger partial charge in [-0.25, -0.2) is 4.98 Å². The van der Waals surface area contributed by atoms with Crippen LogP contribution >= 0.6 is 11.6 Å². The van der Waals surface area contributed by atoms with Gasteiger partial charge in [-0.2, -0.15) is 0 Å². The van der Waals surface area contributed by atoms with E-state index in [9.17, 15) is 0 Å². The summed E-state index contributed by atoms with van der Waals surface area (Å²) in [6, 6.07) is 6.54. The van der Waals surface area contributed by atoms with Gasteiger partial charge >= 0.3 is 0 Å². The minimum absolute atomic E-state index is 0.434. The molecule has 0 radical (unpaired) electrons. The molecule has 0 saturated carbocycles. The van der Waals surface area contributed by atoms with Gasteiger partial charge in [0.15, 0.2) is 0 Å². The highest BCUT2D eigenvalue weighted by atomic mass is 35.5. The molecule has 0 spiro atoms. The molecule has 0 fully saturated rings. The topological polar surface area (TPSA) is 27.1 Å². The zero-order valence-electron chi connectivity index (χ0n) is 13.4. The van der Waals surface area contributed by atoms with Crippen molar-refractivity contribution in [1.82, 2.24) is 9.55 Å². The van der Waals surface area contributed by atoms with Crippen LogP contribution in [-0.2, 0) is 6.42 Å². The van der Waals surface area contributed by atoms with Crippen molar-refractivity contribution >= 4 is 22.6 Å². The lowest BCUT2D eigenvalue weighted by Crippen LogP contribution is -2.11. The maximum atomic E-state index is 5.95. The Balaban J connectivity index is 2.40. The van der Waals surface area contributed by atoms with E-state index in [1.165, 1.54) is 11.9 Å². The minimum Gasteiger partial charge on any atom is -0.497 e. The fraction of sp³-hybridized carbons (Fsp3) is 0.588. The molecule has 4 heteroatoms. The first kappa shape index (κ1) is 16.2. The molecule has 0 bridgehead atoms. The van der Waals surface area contributed by atoms with Gasteiger partial charge in [0, 0.05) is 24.4 Å². The molecule has 3 nitrogen and oxygen atoms in total. The fourth-order valence-electron chi connectivity index (χ4n) is 2.71. The highest BCUT2D eigenvalue weighted by Gasteiger charge is 2.16. The predicted molar refractivity (Wildman–Crippen MR) is 89.5 cm³/mol. The molecule has 0 aliphatic heterocycles. The van der Waals surface area contributed by atoms with Gasteiger partial charge < -0.3 is 9.30 Å². The number of alkyl halides is 1. The summed E-state index contributed by atoms with van der Waals surface area (Å²) in [5.74, 6) is 3.24. The van der Waals surface area contributed by atoms with Gasteiger partial charge in [0.25, 0.3) is 0 Å². The van der Waals surface area contributed by atoms with Gasteiger partial charge in [-0.3, -0.25) is 0 Å². The van der Waals surface area contributed by atoms with E-state index in [1.807, 2.05) is 12.1 Å². The lowest BCUT2D eigenvalue weighted by atomic mass is 10.0. The van der Waals surface area contributed by atoms with Gasteiger partial charge in [0.05, 0.1) is 18.1 Å². The molecule has 0 amide bonds. The van der Waals surface area contributed by atoms with Crippen molar-refractivity contribution in [2.45, 2.75) is 46.1 Å². The van der Waals surface area contributed by atoms with E-state index in [0.717, 1.165) is 35.9 Å². The molecule has 21 heavy (non-hydrogen) atoms. The van der Waals surface area contributed by atoms with Crippen LogP contribution in [0.4, 0.5) is 0 Å². The maximum absolute atomic E-state index is 5.95. The Morgan fingerprint density at radius 1 is 1.24 bits per heavy atom. The molecule has 0 aliphatic rings. The molecule has 1 atom stereocenters. The maximum Gasteiger partial charge on any atom is 0.121 e. The van der Waals surface area contributed by atoms with Crippen LogP contribution in [0.3, 0.4) is 0 Å². The van der Waals surface area contributed by atoms with Crippen LogP contribution in [-0.4, -0.2) is 22.5 Å². The van der Waals surface area contributed by atoms with E-state index in [4.69, 9.17) is 21.3 Å². The Kier molecular flexibility index (Phi) is 5.51. The second-order valence-electron chi connectivity index (χ2n) is 6.01. The Labute approximate surface area is 132 Å². The van der Waals surface area contributed by atoms with Crippen LogP contribution in [0.5, 0.6) is 5.75 Å². The number of benzene rings is 1. The van der Waals surface area contributed by atoms with Crippen molar-refractivity contribution in [3.8, 4) is 5.75 Å². The first-order valence-electron chi connectivity index (χ1n) is 7.67. The van der Waals surface area contributed by atoms with Crippen molar-refractivity contribution < 1.29 is 4.74 Å². The SMILES string of the molecule is COc1ccc2c(c1)nc(CCCl)n2C(C)CCC(C)C. The standard InChI is InChI=1S/C17H25ClN2O/c1-12(2)5-6-13(3)20-16-8-7-14(21-4)11-15(16)19-17(20)9-10-18/h7-8,11-13H,5-6,9-10H2,1-4H3. The summed E-state index contributed by atoms with van der Waals surface area (Å²) in [5, 5.41) is 0. The van der Waals surface area contributed by atoms with Crippen LogP contribution in [0.25, 0.3) is 11.0 Å². The molecule has 116 valence electrons. The van der Waals surface area contributed by atoms with E-state index in [1.54, 1.807) is 7.11 Å². The van der Waals surface area contributed by atoms with Crippen LogP contribution in [0.1, 0.15) is 45.5 Å². The van der Waals surface area contributed by atoms with Gasteiger partial charge in [0.2, 0.25) is 0 Å². The van der Waals surface area contributed by atoms with Crippen LogP contribution in [0.2, 0.25) is 0 Å². The van der Waals surface area contributed by atoms with Crippen molar-refractivity contribution in [2.24, 2.45) is 5.92 Å². The molecule has 1 heterocycles. The van der Waals surface area contributed by atoms with Crippen LogP contribution < -0.4 is 4.74 Å². The van der Waals surface area contributed by atoms with E-state index < -0.39 is 0 Å². The summed E-state index contributed by atoms with van der Waals surface area (Å²) in [5.41, 5.74) is 2.16. The number of ether oxygens (including phenoxy) is 1. The molecule has 1 aromatic heterocycles. The first-order valence-corrected chi connectivity index (χ1v) is 8.21. The quantitative estimate of drug-likeness (QED) is 0.685. The second-order valence-corrected chi connectivity index (χ2v) is 6.39. The summed E-state index contributed by atoms with van der Waals surface area (Å²) in [6.45, 7) is 6.80. The Hall–Kier alpha value is -1.22. The number of halogens is 1. The van der Waals surface area contributed by atoms with E-state index >= 15 is 0 Å². The van der Waals surface area contributed by atoms with Crippen LogP contribution in [0.15, 0.2) is 18.2 Å². The van der Waals surface area contributed by atoms with E-state index in [-0.39, 0.29) is 0 Å². The fourth-order valence-corrected chi connectivity index (χ4v) is 2.88. The van der Waals surface area contributed by atoms with E-state index in [2.05, 4.69) is 31.4 Å². The average molecular weight is 309 g/mol. The molecule has 1 aromatic carbocycles. The van der Waals surface area contributed by atoms with Crippen molar-refractivity contribution in [3.05, 3.63) is 24.0 Å². The Morgan fingerprint density at radius 2 is 2.00 bits per heavy atom. The number of nitrogens with zero attached hydrogens (tertiary/aromatic N) is 2. The molecule has 0 saturated heterocycles. The second kappa shape index (κ2) is 7.17. The summed E-state index contributed by atoms with van der Waals surface area (Å²) < 4.78 is 7.64. The third-order valence-corrected chi connectivity index (χ3v) is 4.08. The number of imidazole rings is 1. The lowest BCUT2D eigenvalue weighted by Gasteiger charge is -2.18. The number of hydrogen-bond acceptors (Lipinski definition) is 2. The number of rotatable bonds is 7. The summed E-state index contributed by atoms with van der Waals surface area (Å²) in [6.07, 6.45) is 3.17. The zero-order valence-corrected chi connectivity index (χ0v) is 14.2. The third kappa shape index (κ3) is 3.70. The molecular weight excluding hydrogens is 284 g/mol. The molecule has 0 N–H and O–H groups in total. The molecule has 2 rings (SSSR count). The normalized spacial score (nSPS) is 13.0. The largest absolute Gasteiger partial charge is 0.497 e. The van der Waals surface area contributed by atoms with Gasteiger partial charge in [-0.15, -0.1) is 11.6 Å². The van der Waals surface area contributed by atoms with Crippen molar-refractivity contribution in [1.29, 1.82) is 0 Å². The Bertz CT molecular complexity index is 592. The predicted octanol–water partition coefficient (Wildman–Crippen LogP) is 4.82. The summed E-state index contributed by atoms with van der Waals surface area (Å²) in [7, 11) is 1.68. The highest BCUT2D eigenvalue weighted by molar-refractivity contribution is 6.17. The smallest absolute Gasteiger partial charge is 0.121 e. The van der Waals surface area contributed by atoms with Crippen LogP contribution in [0, 0.1) is 5.92 Å². The number of methoxy groups -OCH3 is 1. The molecule has 0 aliphatic carbocycles. The van der Waals surface area contributed by atoms with Gasteiger partial charge in [-0.05, 0) is 37.8 Å². The molecule has 2 aromatic rings. The Morgan fingerprint density at radius 3 is 2.62 bits per heavy atom. The summed E-state index contributed by atoms with van der Waals surface area (Å²) in [4.78, 5) is 4.76. The minimum atomic E-state index is 0.434. The number of hydrogen-bond donors (Lipinski definition) is 0. The van der Waals surface area contributed by atoms with Gasteiger partial charge in [0.1, 0.15) is 11.6 Å². The monoisotopic (exact) mass is 308 g/mol. The number of fused-ring (bicyclic) bond motifs is 1. The number of aromatic nitrogens is 2. The third-order valence-electron chi connectivity index (χ3n) is 3.89. The lowest BCUT2D eigenvalue weighted by molar-refractivity contribution is 0.415. The number of aryl methyl sites for hydroxylation is 1. The van der Waals surface area contributed by atoms with Crippen molar-refractivity contribution in [3.63, 3.8) is 0 Å². The molecular formula is C17H25ClN2O. The van der Waals surface area contributed by atoms with E-state index in [0.29, 0.717) is 11.9 Å². The highest BCUT2D eigenvalue weighted by Crippen LogP contribution is 2.28. The van der Waals surface area contributed by atoms with Gasteiger partial charge in [-0.1, -0.05) is 13.8 Å². The van der Waals surface area contributed by atoms with Crippen molar-refractivity contribution in [2.75, 3.05) is 13.0 Å². The first-order chi connectivity index (χ1) is 10.1. The molecule has 1 unspecified atom stereocenters. The summed E-state index contributed by atoms with van der Waals surface area (Å²) >= 11 is 5.95.